The number of aromatic nitrogens is 2. The number of hydrogen-bond donors (Lipinski definition) is 3. The molecule has 6 nitrogen and oxygen atoms in total. The molecular weight excluding hydrogens is 360 g/mol. The van der Waals surface area contributed by atoms with Crippen LogP contribution in [0.25, 0.3) is 21.8 Å². The van der Waals surface area contributed by atoms with E-state index in [9.17, 15) is 8.42 Å². The Morgan fingerprint density at radius 2 is 1.85 bits per heavy atom. The fourth-order valence-electron chi connectivity index (χ4n) is 3.41. The van der Waals surface area contributed by atoms with E-state index in [0.29, 0.717) is 0 Å². The molecule has 140 valence electrons. The molecule has 0 aliphatic rings. The first-order valence-electron chi connectivity index (χ1n) is 8.75. The van der Waals surface area contributed by atoms with E-state index >= 15 is 0 Å². The van der Waals surface area contributed by atoms with Gasteiger partial charge in [-0.1, -0.05) is 24.3 Å². The highest BCUT2D eigenvalue weighted by Crippen LogP contribution is 2.27. The molecule has 0 amide bonds. The van der Waals surface area contributed by atoms with Crippen LogP contribution in [0.1, 0.15) is 11.6 Å². The molecule has 1 atom stereocenters. The minimum atomic E-state index is -3.61. The molecule has 0 fully saturated rings. The molecule has 4 rings (SSSR count). The van der Waals surface area contributed by atoms with Gasteiger partial charge in [-0.25, -0.2) is 13.1 Å². The lowest BCUT2D eigenvalue weighted by atomic mass is 10.1. The maximum atomic E-state index is 12.8. The molecule has 0 saturated carbocycles. The van der Waals surface area contributed by atoms with Gasteiger partial charge in [0.1, 0.15) is 0 Å². The maximum absolute atomic E-state index is 12.8. The zero-order chi connectivity index (χ0) is 19.0. The van der Waals surface area contributed by atoms with E-state index in [4.69, 9.17) is 0 Å². The largest absolute Gasteiger partial charge is 0.361 e. The van der Waals surface area contributed by atoms with Crippen molar-refractivity contribution >= 4 is 31.8 Å². The van der Waals surface area contributed by atoms with E-state index in [2.05, 4.69) is 14.7 Å². The van der Waals surface area contributed by atoms with Gasteiger partial charge in [0.25, 0.3) is 0 Å². The molecule has 2 aromatic heterocycles. The van der Waals surface area contributed by atoms with Crippen LogP contribution < -0.4 is 4.72 Å². The summed E-state index contributed by atoms with van der Waals surface area (Å²) < 4.78 is 28.4. The molecule has 27 heavy (non-hydrogen) atoms. The molecule has 4 aromatic rings. The third-order valence-corrected chi connectivity index (χ3v) is 6.33. The van der Waals surface area contributed by atoms with Crippen LogP contribution in [-0.2, 0) is 10.0 Å². The lowest BCUT2D eigenvalue weighted by molar-refractivity contribution is 0.301. The van der Waals surface area contributed by atoms with E-state index < -0.39 is 10.0 Å². The number of nitrogens with zero attached hydrogens (tertiary/aromatic N) is 1. The number of H-pyrrole nitrogens is 2. The van der Waals surface area contributed by atoms with Gasteiger partial charge in [0.2, 0.25) is 10.0 Å². The zero-order valence-electron chi connectivity index (χ0n) is 15.2. The fourth-order valence-corrected chi connectivity index (χ4v) is 4.47. The summed E-state index contributed by atoms with van der Waals surface area (Å²) in [6.07, 6.45) is 3.75. The molecule has 2 heterocycles. The van der Waals surface area contributed by atoms with Gasteiger partial charge in [0.15, 0.2) is 0 Å². The second-order valence-corrected chi connectivity index (χ2v) is 8.61. The van der Waals surface area contributed by atoms with Gasteiger partial charge < -0.3 is 14.9 Å². The Balaban J connectivity index is 1.60. The standard InChI is InChI=1S/C20H22N4O2S/c1-24(2)20(17-12-22-18-6-4-3-5-16(17)18)13-23-27(25,26)15-8-7-14-9-10-21-19(14)11-15/h3-12,20-23H,13H2,1-2H3. The molecule has 1 unspecified atom stereocenters. The van der Waals surface area contributed by atoms with Crippen molar-refractivity contribution in [2.45, 2.75) is 10.9 Å². The smallest absolute Gasteiger partial charge is 0.240 e. The van der Waals surface area contributed by atoms with E-state index in [1.165, 1.54) is 0 Å². The lowest BCUT2D eigenvalue weighted by Gasteiger charge is -2.24. The molecule has 0 bridgehead atoms. The van der Waals surface area contributed by atoms with Crippen LogP contribution in [-0.4, -0.2) is 43.9 Å². The highest BCUT2D eigenvalue weighted by Gasteiger charge is 2.22. The minimum Gasteiger partial charge on any atom is -0.361 e. The van der Waals surface area contributed by atoms with Gasteiger partial charge in [-0.3, -0.25) is 0 Å². The van der Waals surface area contributed by atoms with Gasteiger partial charge in [-0.05, 0) is 49.3 Å². The maximum Gasteiger partial charge on any atom is 0.240 e. The van der Waals surface area contributed by atoms with Crippen molar-refractivity contribution in [3.63, 3.8) is 0 Å². The topological polar surface area (TPSA) is 81.0 Å². The zero-order valence-corrected chi connectivity index (χ0v) is 16.0. The fraction of sp³-hybridized carbons (Fsp3) is 0.200. The normalized spacial score (nSPS) is 13.6. The summed E-state index contributed by atoms with van der Waals surface area (Å²) in [6.45, 7) is 0.278. The molecule has 0 radical (unpaired) electrons. The Morgan fingerprint density at radius 3 is 2.67 bits per heavy atom. The summed E-state index contributed by atoms with van der Waals surface area (Å²) in [5.74, 6) is 0. The van der Waals surface area contributed by atoms with E-state index in [0.717, 1.165) is 27.4 Å². The second-order valence-electron chi connectivity index (χ2n) is 6.85. The Kier molecular flexibility index (Phi) is 4.51. The number of nitrogens with one attached hydrogen (secondary N) is 3. The van der Waals surface area contributed by atoms with Gasteiger partial charge in [-0.2, -0.15) is 0 Å². The van der Waals surface area contributed by atoms with Crippen LogP contribution in [0.15, 0.2) is 65.8 Å². The van der Waals surface area contributed by atoms with Gasteiger partial charge in [-0.15, -0.1) is 0 Å². The molecule has 0 aliphatic carbocycles. The average Bonchev–Trinajstić information content (AvgIpc) is 3.28. The summed E-state index contributed by atoms with van der Waals surface area (Å²) in [6, 6.07) is 15.0. The predicted octanol–water partition coefficient (Wildman–Crippen LogP) is 3.23. The minimum absolute atomic E-state index is 0.0925. The first kappa shape index (κ1) is 17.8. The molecule has 0 saturated heterocycles. The SMILES string of the molecule is CN(C)C(CNS(=O)(=O)c1ccc2cc[nH]c2c1)c1c[nH]c2ccccc12. The number of rotatable bonds is 6. The van der Waals surface area contributed by atoms with Crippen LogP contribution in [0.2, 0.25) is 0 Å². The highest BCUT2D eigenvalue weighted by atomic mass is 32.2. The Bertz CT molecular complexity index is 1190. The molecule has 0 aliphatic heterocycles. The summed E-state index contributed by atoms with van der Waals surface area (Å²) in [4.78, 5) is 8.59. The summed E-state index contributed by atoms with van der Waals surface area (Å²) >= 11 is 0. The number of likely N-dealkylation sites (N-methyl/N-ethyl adjacent to an activating group) is 1. The van der Waals surface area contributed by atoms with E-state index in [1.807, 2.05) is 61.6 Å². The van der Waals surface area contributed by atoms with Gasteiger partial charge >= 0.3 is 0 Å². The third-order valence-electron chi connectivity index (χ3n) is 4.91. The lowest BCUT2D eigenvalue weighted by Crippen LogP contribution is -2.34. The Labute approximate surface area is 158 Å². The van der Waals surface area contributed by atoms with Crippen LogP contribution in [0.4, 0.5) is 0 Å². The van der Waals surface area contributed by atoms with Crippen molar-refractivity contribution in [2.75, 3.05) is 20.6 Å². The molecular formula is C20H22N4O2S. The molecule has 2 aromatic carbocycles. The summed E-state index contributed by atoms with van der Waals surface area (Å²) in [5, 5.41) is 2.09. The highest BCUT2D eigenvalue weighted by molar-refractivity contribution is 7.89. The Hall–Kier alpha value is -2.61. The van der Waals surface area contributed by atoms with Crippen molar-refractivity contribution in [2.24, 2.45) is 0 Å². The number of para-hydroxylation sites is 1. The first-order chi connectivity index (χ1) is 13.0. The van der Waals surface area contributed by atoms with E-state index in [-0.39, 0.29) is 17.5 Å². The summed E-state index contributed by atoms with van der Waals surface area (Å²) in [5.41, 5.74) is 2.91. The first-order valence-corrected chi connectivity index (χ1v) is 10.2. The van der Waals surface area contributed by atoms with Crippen LogP contribution in [0, 0.1) is 0 Å². The predicted molar refractivity (Wildman–Crippen MR) is 108 cm³/mol. The van der Waals surface area contributed by atoms with Gasteiger partial charge in [0.05, 0.1) is 4.90 Å². The van der Waals surface area contributed by atoms with Crippen LogP contribution in [0.3, 0.4) is 0 Å². The van der Waals surface area contributed by atoms with Crippen molar-refractivity contribution < 1.29 is 8.42 Å². The van der Waals surface area contributed by atoms with E-state index in [1.54, 1.807) is 18.3 Å². The monoisotopic (exact) mass is 382 g/mol. The van der Waals surface area contributed by atoms with Crippen LogP contribution >= 0.6 is 0 Å². The number of aromatic amines is 2. The quantitative estimate of drug-likeness (QED) is 0.479. The number of fused-ring (bicyclic) bond motifs is 2. The van der Waals surface area contributed by atoms with Crippen molar-refractivity contribution in [1.82, 2.24) is 19.6 Å². The van der Waals surface area contributed by atoms with Gasteiger partial charge in [0, 0.05) is 41.4 Å². The third kappa shape index (κ3) is 3.37. The average molecular weight is 382 g/mol. The molecule has 7 heteroatoms. The molecule has 0 spiro atoms. The number of benzene rings is 2. The van der Waals surface area contributed by atoms with Crippen molar-refractivity contribution in [1.29, 1.82) is 0 Å². The Morgan fingerprint density at radius 1 is 1.04 bits per heavy atom. The van der Waals surface area contributed by atoms with Crippen LogP contribution in [0.5, 0.6) is 0 Å². The van der Waals surface area contributed by atoms with Crippen molar-refractivity contribution in [3.8, 4) is 0 Å². The molecule has 3 N–H and O–H groups in total. The van der Waals surface area contributed by atoms with Crippen molar-refractivity contribution in [3.05, 3.63) is 66.5 Å². The number of sulfonamides is 1. The summed E-state index contributed by atoms with van der Waals surface area (Å²) in [7, 11) is 0.291. The number of hydrogen-bond acceptors (Lipinski definition) is 3. The second kappa shape index (κ2) is 6.84.